The van der Waals surface area contributed by atoms with Crippen molar-refractivity contribution in [3.05, 3.63) is 64.6 Å². The Labute approximate surface area is 191 Å². The van der Waals surface area contributed by atoms with Gasteiger partial charge in [0.1, 0.15) is 0 Å². The molecule has 32 heavy (non-hydrogen) atoms. The van der Waals surface area contributed by atoms with Crippen molar-refractivity contribution < 1.29 is 28.6 Å². The van der Waals surface area contributed by atoms with Gasteiger partial charge in [-0.2, -0.15) is 0 Å². The molecule has 0 aliphatic carbocycles. The predicted molar refractivity (Wildman–Crippen MR) is 123 cm³/mol. The molecule has 0 spiro atoms. The van der Waals surface area contributed by atoms with Crippen molar-refractivity contribution in [2.75, 3.05) is 26.4 Å². The van der Waals surface area contributed by atoms with Crippen LogP contribution >= 0.6 is 11.8 Å². The molecule has 0 saturated carbocycles. The zero-order chi connectivity index (χ0) is 22.9. The summed E-state index contributed by atoms with van der Waals surface area (Å²) in [6, 6.07) is 14.8. The number of ether oxygens (including phenoxy) is 3. The number of rotatable bonds is 10. The second-order valence-electron chi connectivity index (χ2n) is 6.80. The molecule has 7 nitrogen and oxygen atoms in total. The molecule has 0 atom stereocenters. The minimum Gasteiger partial charge on any atom is -0.490 e. The molecule has 1 saturated heterocycles. The number of amides is 2. The van der Waals surface area contributed by atoms with Crippen molar-refractivity contribution in [1.29, 1.82) is 0 Å². The largest absolute Gasteiger partial charge is 0.490 e. The third-order valence-corrected chi connectivity index (χ3v) is 5.46. The fraction of sp³-hybridized carbons (Fsp3) is 0.292. The van der Waals surface area contributed by atoms with Crippen LogP contribution in [-0.4, -0.2) is 48.4 Å². The molecule has 0 bridgehead atoms. The second kappa shape index (κ2) is 11.4. The van der Waals surface area contributed by atoms with E-state index in [0.29, 0.717) is 41.5 Å². The van der Waals surface area contributed by atoms with Crippen LogP contribution in [0.1, 0.15) is 25.0 Å². The van der Waals surface area contributed by atoms with Crippen LogP contribution in [0.25, 0.3) is 6.08 Å². The van der Waals surface area contributed by atoms with Crippen LogP contribution in [0.15, 0.2) is 53.4 Å². The summed E-state index contributed by atoms with van der Waals surface area (Å²) in [6.07, 6.45) is 2.26. The highest BCUT2D eigenvalue weighted by molar-refractivity contribution is 8.18. The molecule has 168 valence electrons. The highest BCUT2D eigenvalue weighted by Gasteiger charge is 2.34. The lowest BCUT2D eigenvalue weighted by Gasteiger charge is -2.13. The summed E-state index contributed by atoms with van der Waals surface area (Å²) in [5.74, 6) is 0.0570. The van der Waals surface area contributed by atoms with E-state index >= 15 is 0 Å². The lowest BCUT2D eigenvalue weighted by Crippen LogP contribution is -2.30. The predicted octanol–water partition coefficient (Wildman–Crippen LogP) is 4.31. The van der Waals surface area contributed by atoms with Gasteiger partial charge in [-0.15, -0.1) is 0 Å². The van der Waals surface area contributed by atoms with Crippen LogP contribution in [-0.2, 0) is 20.7 Å². The average molecular weight is 456 g/mol. The van der Waals surface area contributed by atoms with Crippen molar-refractivity contribution in [2.24, 2.45) is 0 Å². The summed E-state index contributed by atoms with van der Waals surface area (Å²) in [7, 11) is 0. The van der Waals surface area contributed by atoms with Crippen molar-refractivity contribution >= 4 is 35.0 Å². The van der Waals surface area contributed by atoms with E-state index < -0.39 is 5.97 Å². The highest BCUT2D eigenvalue weighted by atomic mass is 32.2. The van der Waals surface area contributed by atoms with Crippen LogP contribution in [0.3, 0.4) is 0 Å². The molecule has 2 aromatic rings. The van der Waals surface area contributed by atoms with Gasteiger partial charge < -0.3 is 14.2 Å². The highest BCUT2D eigenvalue weighted by Crippen LogP contribution is 2.34. The van der Waals surface area contributed by atoms with Crippen molar-refractivity contribution in [1.82, 2.24) is 4.90 Å². The first-order valence-electron chi connectivity index (χ1n) is 10.4. The third kappa shape index (κ3) is 6.13. The summed E-state index contributed by atoms with van der Waals surface area (Å²) in [5, 5.41) is -0.281. The molecule has 1 aliphatic heterocycles. The second-order valence-corrected chi connectivity index (χ2v) is 7.80. The van der Waals surface area contributed by atoms with Gasteiger partial charge in [0, 0.05) is 6.54 Å². The van der Waals surface area contributed by atoms with E-state index in [1.807, 2.05) is 37.3 Å². The van der Waals surface area contributed by atoms with Gasteiger partial charge in [0.2, 0.25) is 0 Å². The number of imide groups is 1. The zero-order valence-corrected chi connectivity index (χ0v) is 18.9. The smallest absolute Gasteiger partial charge is 0.344 e. The van der Waals surface area contributed by atoms with Crippen LogP contribution in [0.4, 0.5) is 4.79 Å². The molecule has 0 unspecified atom stereocenters. The number of hydrogen-bond donors (Lipinski definition) is 0. The van der Waals surface area contributed by atoms with Gasteiger partial charge in [0.25, 0.3) is 11.1 Å². The minimum atomic E-state index is -0.469. The number of nitrogens with zero attached hydrogens (tertiary/aromatic N) is 1. The number of thioether (sulfide) groups is 1. The number of carbonyl (C=O) groups excluding carboxylic acids is 3. The van der Waals surface area contributed by atoms with E-state index in [9.17, 15) is 14.4 Å². The van der Waals surface area contributed by atoms with E-state index in [2.05, 4.69) is 0 Å². The molecule has 1 aliphatic rings. The van der Waals surface area contributed by atoms with Crippen LogP contribution in [0.5, 0.6) is 11.5 Å². The molecule has 2 amide bonds. The van der Waals surface area contributed by atoms with Gasteiger partial charge in [-0.1, -0.05) is 36.4 Å². The normalized spacial score (nSPS) is 14.7. The average Bonchev–Trinajstić information content (AvgIpc) is 3.05. The summed E-state index contributed by atoms with van der Waals surface area (Å²) < 4.78 is 16.0. The number of esters is 1. The van der Waals surface area contributed by atoms with E-state index in [4.69, 9.17) is 14.2 Å². The van der Waals surface area contributed by atoms with Gasteiger partial charge in [0.05, 0.1) is 18.1 Å². The van der Waals surface area contributed by atoms with E-state index in [-0.39, 0.29) is 24.4 Å². The Bertz CT molecular complexity index is 1000. The number of hydrogen-bond acceptors (Lipinski definition) is 7. The Hall–Kier alpha value is -3.26. The molecule has 0 aromatic heterocycles. The maximum atomic E-state index is 12.8. The molecule has 8 heteroatoms. The SMILES string of the molecule is CCOC(=O)COc1ccc(/C=C2\SC(=O)N(CCc3ccccc3)C2=O)cc1OCC. The fourth-order valence-electron chi connectivity index (χ4n) is 3.07. The summed E-state index contributed by atoms with van der Waals surface area (Å²) >= 11 is 0.920. The van der Waals surface area contributed by atoms with Crippen molar-refractivity contribution in [3.63, 3.8) is 0 Å². The maximum Gasteiger partial charge on any atom is 0.344 e. The molecular formula is C24H25NO6S. The Morgan fingerprint density at radius 2 is 1.78 bits per heavy atom. The Morgan fingerprint density at radius 3 is 2.50 bits per heavy atom. The quantitative estimate of drug-likeness (QED) is 0.390. The van der Waals surface area contributed by atoms with Crippen LogP contribution < -0.4 is 9.47 Å². The number of benzene rings is 2. The summed E-state index contributed by atoms with van der Waals surface area (Å²) in [4.78, 5) is 38.3. The van der Waals surface area contributed by atoms with Gasteiger partial charge in [-0.05, 0) is 61.4 Å². The lowest BCUT2D eigenvalue weighted by atomic mass is 10.1. The topological polar surface area (TPSA) is 82.1 Å². The lowest BCUT2D eigenvalue weighted by molar-refractivity contribution is -0.145. The summed E-state index contributed by atoms with van der Waals surface area (Å²) in [5.41, 5.74) is 1.75. The Balaban J connectivity index is 1.71. The van der Waals surface area contributed by atoms with Crippen LogP contribution in [0, 0.1) is 0 Å². The molecule has 0 radical (unpaired) electrons. The first kappa shape index (κ1) is 23.4. The molecular weight excluding hydrogens is 430 g/mol. The van der Waals surface area contributed by atoms with Crippen molar-refractivity contribution in [2.45, 2.75) is 20.3 Å². The molecule has 0 N–H and O–H groups in total. The van der Waals surface area contributed by atoms with E-state index in [1.54, 1.807) is 31.2 Å². The molecule has 2 aromatic carbocycles. The van der Waals surface area contributed by atoms with Crippen molar-refractivity contribution in [3.8, 4) is 11.5 Å². The number of carbonyl (C=O) groups is 3. The van der Waals surface area contributed by atoms with E-state index in [1.165, 1.54) is 4.90 Å². The van der Waals surface area contributed by atoms with E-state index in [0.717, 1.165) is 17.3 Å². The summed E-state index contributed by atoms with van der Waals surface area (Å²) in [6.45, 7) is 4.33. The third-order valence-electron chi connectivity index (χ3n) is 4.56. The van der Waals surface area contributed by atoms with Crippen LogP contribution in [0.2, 0.25) is 0 Å². The first-order chi connectivity index (χ1) is 15.5. The minimum absolute atomic E-state index is 0.229. The van der Waals surface area contributed by atoms with Gasteiger partial charge in [-0.25, -0.2) is 4.79 Å². The van der Waals surface area contributed by atoms with Gasteiger partial charge in [0.15, 0.2) is 18.1 Å². The maximum absolute atomic E-state index is 12.8. The zero-order valence-electron chi connectivity index (χ0n) is 18.0. The molecule has 1 fully saturated rings. The Morgan fingerprint density at radius 1 is 1.00 bits per heavy atom. The first-order valence-corrected chi connectivity index (χ1v) is 11.2. The Kier molecular flexibility index (Phi) is 8.33. The van der Waals surface area contributed by atoms with Gasteiger partial charge in [-0.3, -0.25) is 14.5 Å². The standard InChI is InChI=1S/C24H25NO6S/c1-3-29-20-14-18(10-11-19(20)31-16-22(26)30-4-2)15-21-23(27)25(24(28)32-21)13-12-17-8-6-5-7-9-17/h5-11,14-15H,3-4,12-13,16H2,1-2H3/b21-15-. The molecule has 1 heterocycles. The molecule has 3 rings (SSSR count). The fourth-order valence-corrected chi connectivity index (χ4v) is 3.94. The van der Waals surface area contributed by atoms with Gasteiger partial charge >= 0.3 is 5.97 Å². The monoisotopic (exact) mass is 455 g/mol.